The predicted octanol–water partition coefficient (Wildman–Crippen LogP) is 2.66. The van der Waals surface area contributed by atoms with Crippen molar-refractivity contribution in [3.63, 3.8) is 0 Å². The first kappa shape index (κ1) is 9.76. The third kappa shape index (κ3) is 2.07. The summed E-state index contributed by atoms with van der Waals surface area (Å²) in [6, 6.07) is 0. The van der Waals surface area contributed by atoms with Crippen molar-refractivity contribution in [2.24, 2.45) is 0 Å². The monoisotopic (exact) mass is 222 g/mol. The normalized spacial score (nSPS) is 25.5. The zero-order valence-electron chi connectivity index (χ0n) is 9.11. The molecule has 2 aliphatic heterocycles. The van der Waals surface area contributed by atoms with Gasteiger partial charge in [0.15, 0.2) is 0 Å². The Bertz CT molecular complexity index is 316. The smallest absolute Gasteiger partial charge is 0.108 e. The van der Waals surface area contributed by atoms with Crippen LogP contribution in [0.1, 0.15) is 37.2 Å². The molecule has 0 bridgehead atoms. The minimum atomic E-state index is 0.849. The Labute approximate surface area is 95.5 Å². The van der Waals surface area contributed by atoms with Crippen molar-refractivity contribution in [2.75, 3.05) is 5.75 Å². The number of rotatable bonds is 2. The topological polar surface area (TPSA) is 17.8 Å². The van der Waals surface area contributed by atoms with Gasteiger partial charge in [-0.05, 0) is 31.4 Å². The van der Waals surface area contributed by atoms with Gasteiger partial charge in [-0.3, -0.25) is 0 Å². The van der Waals surface area contributed by atoms with Crippen LogP contribution in [0.4, 0.5) is 0 Å². The van der Waals surface area contributed by atoms with Gasteiger partial charge in [0, 0.05) is 30.8 Å². The molecule has 0 saturated carbocycles. The van der Waals surface area contributed by atoms with Gasteiger partial charge in [-0.2, -0.15) is 11.8 Å². The molecule has 0 spiro atoms. The van der Waals surface area contributed by atoms with E-state index in [0.29, 0.717) is 0 Å². The lowest BCUT2D eigenvalue weighted by Crippen LogP contribution is -2.08. The van der Waals surface area contributed by atoms with Crippen molar-refractivity contribution in [1.82, 2.24) is 9.55 Å². The SMILES string of the molecule is c1c(CC2CCCS2)nc2n1CCCC2. The van der Waals surface area contributed by atoms with Gasteiger partial charge in [0.25, 0.3) is 0 Å². The quantitative estimate of drug-likeness (QED) is 0.765. The Kier molecular flexibility index (Phi) is 2.74. The third-order valence-corrected chi connectivity index (χ3v) is 4.82. The molecule has 3 rings (SSSR count). The van der Waals surface area contributed by atoms with Gasteiger partial charge in [0.1, 0.15) is 5.82 Å². The predicted molar refractivity (Wildman–Crippen MR) is 64.3 cm³/mol. The minimum absolute atomic E-state index is 0.849. The second-order valence-electron chi connectivity index (χ2n) is 4.64. The lowest BCUT2D eigenvalue weighted by molar-refractivity contribution is 0.522. The summed E-state index contributed by atoms with van der Waals surface area (Å²) in [6.45, 7) is 1.19. The van der Waals surface area contributed by atoms with Gasteiger partial charge >= 0.3 is 0 Å². The highest BCUT2D eigenvalue weighted by molar-refractivity contribution is 8.00. The van der Waals surface area contributed by atoms with Crippen molar-refractivity contribution in [3.8, 4) is 0 Å². The molecule has 1 saturated heterocycles. The van der Waals surface area contributed by atoms with Crippen molar-refractivity contribution in [1.29, 1.82) is 0 Å². The first-order chi connectivity index (χ1) is 7.42. The van der Waals surface area contributed by atoms with E-state index in [9.17, 15) is 0 Å². The first-order valence-corrected chi connectivity index (χ1v) is 7.13. The lowest BCUT2D eigenvalue weighted by Gasteiger charge is -2.11. The summed E-state index contributed by atoms with van der Waals surface area (Å²) in [5, 5.41) is 0.849. The summed E-state index contributed by atoms with van der Waals surface area (Å²) in [6.07, 6.45) is 10.2. The molecule has 0 N–H and O–H groups in total. The van der Waals surface area contributed by atoms with Crippen LogP contribution in [0, 0.1) is 0 Å². The zero-order chi connectivity index (χ0) is 10.1. The van der Waals surface area contributed by atoms with Gasteiger partial charge in [-0.15, -0.1) is 0 Å². The van der Waals surface area contributed by atoms with Crippen LogP contribution in [-0.4, -0.2) is 20.6 Å². The number of fused-ring (bicyclic) bond motifs is 1. The standard InChI is InChI=1S/C12H18N2S/c1-2-6-14-9-10(13-12(14)5-1)8-11-4-3-7-15-11/h9,11H,1-8H2. The van der Waals surface area contributed by atoms with E-state index in [-0.39, 0.29) is 0 Å². The van der Waals surface area contributed by atoms with Gasteiger partial charge in [-0.1, -0.05) is 0 Å². The van der Waals surface area contributed by atoms with Crippen LogP contribution in [0.5, 0.6) is 0 Å². The summed E-state index contributed by atoms with van der Waals surface area (Å²) in [5.74, 6) is 2.69. The van der Waals surface area contributed by atoms with Gasteiger partial charge in [0.2, 0.25) is 0 Å². The molecule has 0 aromatic carbocycles. The number of imidazole rings is 1. The second-order valence-corrected chi connectivity index (χ2v) is 6.05. The van der Waals surface area contributed by atoms with Crippen molar-refractivity contribution < 1.29 is 0 Å². The number of nitrogens with zero attached hydrogens (tertiary/aromatic N) is 2. The number of aromatic nitrogens is 2. The Morgan fingerprint density at radius 3 is 3.20 bits per heavy atom. The average molecular weight is 222 g/mol. The molecule has 0 aliphatic carbocycles. The van der Waals surface area contributed by atoms with Crippen LogP contribution in [-0.2, 0) is 19.4 Å². The van der Waals surface area contributed by atoms with Crippen LogP contribution in [0.25, 0.3) is 0 Å². The van der Waals surface area contributed by atoms with E-state index in [1.807, 2.05) is 0 Å². The lowest BCUT2D eigenvalue weighted by atomic mass is 10.2. The Morgan fingerprint density at radius 2 is 2.40 bits per heavy atom. The fourth-order valence-corrected chi connectivity index (χ4v) is 3.90. The Balaban J connectivity index is 1.72. The van der Waals surface area contributed by atoms with Crippen molar-refractivity contribution in [3.05, 3.63) is 17.7 Å². The third-order valence-electron chi connectivity index (χ3n) is 3.42. The maximum Gasteiger partial charge on any atom is 0.108 e. The summed E-state index contributed by atoms with van der Waals surface area (Å²) >= 11 is 2.13. The molecule has 1 aromatic heterocycles. The molecule has 3 heteroatoms. The van der Waals surface area contributed by atoms with E-state index in [0.717, 1.165) is 5.25 Å². The van der Waals surface area contributed by atoms with E-state index in [4.69, 9.17) is 4.98 Å². The molecule has 15 heavy (non-hydrogen) atoms. The maximum absolute atomic E-state index is 4.76. The number of aryl methyl sites for hydroxylation is 2. The molecule has 1 atom stereocenters. The van der Waals surface area contributed by atoms with E-state index in [2.05, 4.69) is 22.5 Å². The molecular weight excluding hydrogens is 204 g/mol. The minimum Gasteiger partial charge on any atom is -0.335 e. The number of hydrogen-bond acceptors (Lipinski definition) is 2. The maximum atomic E-state index is 4.76. The van der Waals surface area contributed by atoms with Crippen LogP contribution >= 0.6 is 11.8 Å². The molecule has 2 aliphatic rings. The van der Waals surface area contributed by atoms with Crippen LogP contribution in [0.2, 0.25) is 0 Å². The highest BCUT2D eigenvalue weighted by Gasteiger charge is 2.19. The van der Waals surface area contributed by atoms with Crippen LogP contribution in [0.3, 0.4) is 0 Å². The molecule has 0 radical (unpaired) electrons. The average Bonchev–Trinajstić information content (AvgIpc) is 2.86. The van der Waals surface area contributed by atoms with Crippen LogP contribution in [0.15, 0.2) is 6.20 Å². The first-order valence-electron chi connectivity index (χ1n) is 6.08. The summed E-state index contributed by atoms with van der Waals surface area (Å²) < 4.78 is 2.37. The summed E-state index contributed by atoms with van der Waals surface area (Å²) in [7, 11) is 0. The van der Waals surface area contributed by atoms with Crippen molar-refractivity contribution in [2.45, 2.75) is 50.3 Å². The Hall–Kier alpha value is -0.440. The molecule has 1 fully saturated rings. The highest BCUT2D eigenvalue weighted by Crippen LogP contribution is 2.29. The highest BCUT2D eigenvalue weighted by atomic mass is 32.2. The number of hydrogen-bond donors (Lipinski definition) is 0. The second kappa shape index (κ2) is 4.20. The zero-order valence-corrected chi connectivity index (χ0v) is 9.93. The molecule has 0 amide bonds. The molecular formula is C12H18N2S. The number of thioether (sulfide) groups is 1. The molecule has 82 valence electrons. The van der Waals surface area contributed by atoms with Gasteiger partial charge in [0.05, 0.1) is 5.69 Å². The van der Waals surface area contributed by atoms with E-state index in [1.165, 1.54) is 62.3 Å². The van der Waals surface area contributed by atoms with E-state index >= 15 is 0 Å². The summed E-state index contributed by atoms with van der Waals surface area (Å²) in [5.41, 5.74) is 1.34. The Morgan fingerprint density at radius 1 is 1.40 bits per heavy atom. The van der Waals surface area contributed by atoms with E-state index < -0.39 is 0 Å². The van der Waals surface area contributed by atoms with Gasteiger partial charge < -0.3 is 4.57 Å². The molecule has 1 unspecified atom stereocenters. The summed E-state index contributed by atoms with van der Waals surface area (Å²) in [4.78, 5) is 4.76. The fourth-order valence-electron chi connectivity index (χ4n) is 2.61. The van der Waals surface area contributed by atoms with Crippen LogP contribution < -0.4 is 0 Å². The fraction of sp³-hybridized carbons (Fsp3) is 0.750. The molecule has 3 heterocycles. The van der Waals surface area contributed by atoms with Gasteiger partial charge in [-0.25, -0.2) is 4.98 Å². The molecule has 2 nitrogen and oxygen atoms in total. The van der Waals surface area contributed by atoms with E-state index in [1.54, 1.807) is 0 Å². The largest absolute Gasteiger partial charge is 0.335 e. The molecule has 1 aromatic rings. The van der Waals surface area contributed by atoms with Crippen molar-refractivity contribution >= 4 is 11.8 Å².